The lowest BCUT2D eigenvalue weighted by atomic mass is 9.92. The first-order chi connectivity index (χ1) is 19.4. The molecule has 2 aromatic heterocycles. The van der Waals surface area contributed by atoms with Gasteiger partial charge in [0.15, 0.2) is 0 Å². The van der Waals surface area contributed by atoms with Crippen molar-refractivity contribution in [3.63, 3.8) is 0 Å². The normalized spacial score (nSPS) is 11.6. The van der Waals surface area contributed by atoms with Gasteiger partial charge in [-0.15, -0.1) is 0 Å². The number of rotatable bonds is 6. The van der Waals surface area contributed by atoms with Crippen molar-refractivity contribution in [3.05, 3.63) is 120 Å². The Hall–Kier alpha value is -4.70. The number of phenols is 1. The smallest absolute Gasteiger partial charge is 0.149 e. The van der Waals surface area contributed by atoms with Gasteiger partial charge in [0.2, 0.25) is 0 Å². The number of aromatic hydroxyl groups is 1. The van der Waals surface area contributed by atoms with Crippen LogP contribution in [0, 0.1) is 0 Å². The molecule has 6 rings (SSSR count). The zero-order chi connectivity index (χ0) is 27.8. The topological polar surface area (TPSA) is 50.9 Å². The van der Waals surface area contributed by atoms with Gasteiger partial charge in [-0.05, 0) is 46.5 Å². The Morgan fingerprint density at radius 2 is 1.30 bits per heavy atom. The zero-order valence-corrected chi connectivity index (χ0v) is 23.3. The molecule has 0 bridgehead atoms. The number of phenolic OH excluding ortho intramolecular Hbond substituents is 1. The van der Waals surface area contributed by atoms with Gasteiger partial charge in [0.25, 0.3) is 0 Å². The van der Waals surface area contributed by atoms with E-state index >= 15 is 0 Å². The fourth-order valence-corrected chi connectivity index (χ4v) is 5.46. The van der Waals surface area contributed by atoms with Crippen molar-refractivity contribution in [2.75, 3.05) is 0 Å². The molecule has 0 aliphatic carbocycles. The van der Waals surface area contributed by atoms with Crippen LogP contribution in [0.3, 0.4) is 0 Å². The molecule has 0 atom stereocenters. The number of nitrogens with zero attached hydrogens (tertiary/aromatic N) is 3. The fraction of sp³-hybridized carbons (Fsp3) is 0.167. The van der Waals surface area contributed by atoms with Gasteiger partial charge < -0.3 is 5.11 Å². The molecule has 198 valence electrons. The number of pyridine rings is 1. The first kappa shape index (κ1) is 25.6. The number of hydrogen-bond donors (Lipinski definition) is 1. The standard InChI is InChI=1S/C36H33N3O/c1-23(2)27-18-12-19-28(24(3)4)35(27)39-22-32(38-36(39)30-17-10-11-20-33(30)40)34-29-16-9-8-15-26(29)21-31(37-34)25-13-6-5-7-14-25/h5-24,40H,1-4H3. The second kappa shape index (κ2) is 10.5. The monoisotopic (exact) mass is 523 g/mol. The molecular weight excluding hydrogens is 490 g/mol. The van der Waals surface area contributed by atoms with E-state index in [0.717, 1.165) is 39.1 Å². The first-order valence-electron chi connectivity index (χ1n) is 13.9. The first-order valence-corrected chi connectivity index (χ1v) is 13.9. The second-order valence-corrected chi connectivity index (χ2v) is 10.9. The van der Waals surface area contributed by atoms with Gasteiger partial charge in [0.05, 0.1) is 22.6 Å². The molecule has 0 spiro atoms. The molecule has 4 heteroatoms. The van der Waals surface area contributed by atoms with Crippen LogP contribution in [0.2, 0.25) is 0 Å². The molecule has 6 aromatic rings. The largest absolute Gasteiger partial charge is 0.507 e. The van der Waals surface area contributed by atoms with E-state index in [-0.39, 0.29) is 5.75 Å². The average Bonchev–Trinajstić information content (AvgIpc) is 3.41. The quantitative estimate of drug-likeness (QED) is 0.237. The Morgan fingerprint density at radius 1 is 0.650 bits per heavy atom. The molecule has 0 fully saturated rings. The average molecular weight is 524 g/mol. The van der Waals surface area contributed by atoms with Crippen LogP contribution in [0.15, 0.2) is 109 Å². The van der Waals surface area contributed by atoms with Gasteiger partial charge in [0, 0.05) is 17.1 Å². The van der Waals surface area contributed by atoms with Gasteiger partial charge in [-0.3, -0.25) is 4.57 Å². The van der Waals surface area contributed by atoms with Crippen LogP contribution in [-0.2, 0) is 0 Å². The Kier molecular flexibility index (Phi) is 6.69. The Labute approximate surface area is 235 Å². The summed E-state index contributed by atoms with van der Waals surface area (Å²) >= 11 is 0. The molecule has 0 unspecified atom stereocenters. The minimum atomic E-state index is 0.199. The van der Waals surface area contributed by atoms with E-state index in [4.69, 9.17) is 9.97 Å². The maximum absolute atomic E-state index is 11.0. The summed E-state index contributed by atoms with van der Waals surface area (Å²) in [6.07, 6.45) is 2.10. The number of benzene rings is 4. The van der Waals surface area contributed by atoms with Crippen LogP contribution >= 0.6 is 0 Å². The van der Waals surface area contributed by atoms with Crippen LogP contribution in [0.1, 0.15) is 50.7 Å². The number of hydrogen-bond acceptors (Lipinski definition) is 3. The molecule has 0 amide bonds. The highest BCUT2D eigenvalue weighted by atomic mass is 16.3. The summed E-state index contributed by atoms with van der Waals surface area (Å²) in [7, 11) is 0. The molecule has 0 radical (unpaired) electrons. The maximum Gasteiger partial charge on any atom is 0.149 e. The number of para-hydroxylation sites is 2. The van der Waals surface area contributed by atoms with Crippen LogP contribution in [0.25, 0.3) is 50.5 Å². The van der Waals surface area contributed by atoms with Crippen molar-refractivity contribution in [1.29, 1.82) is 0 Å². The molecule has 4 nitrogen and oxygen atoms in total. The lowest BCUT2D eigenvalue weighted by Gasteiger charge is -2.22. The Bertz CT molecular complexity index is 1790. The zero-order valence-electron chi connectivity index (χ0n) is 23.3. The highest BCUT2D eigenvalue weighted by Crippen LogP contribution is 2.39. The summed E-state index contributed by atoms with van der Waals surface area (Å²) in [5, 5.41) is 13.1. The lowest BCUT2D eigenvalue weighted by Crippen LogP contribution is -2.07. The lowest BCUT2D eigenvalue weighted by molar-refractivity contribution is 0.477. The predicted molar refractivity (Wildman–Crippen MR) is 165 cm³/mol. The summed E-state index contributed by atoms with van der Waals surface area (Å²) in [6, 6.07) is 34.7. The molecule has 2 heterocycles. The number of aromatic nitrogens is 3. The molecule has 4 aromatic carbocycles. The van der Waals surface area contributed by atoms with Gasteiger partial charge in [-0.25, -0.2) is 9.97 Å². The summed E-state index contributed by atoms with van der Waals surface area (Å²) < 4.78 is 2.17. The van der Waals surface area contributed by atoms with Gasteiger partial charge in [0.1, 0.15) is 17.3 Å². The molecule has 1 N–H and O–H groups in total. The molecular formula is C36H33N3O. The predicted octanol–water partition coefficient (Wildman–Crippen LogP) is 9.37. The van der Waals surface area contributed by atoms with E-state index in [2.05, 4.69) is 93.1 Å². The van der Waals surface area contributed by atoms with Crippen LogP contribution in [0.5, 0.6) is 5.75 Å². The third-order valence-electron chi connectivity index (χ3n) is 7.49. The van der Waals surface area contributed by atoms with Crippen molar-refractivity contribution in [2.24, 2.45) is 0 Å². The van der Waals surface area contributed by atoms with E-state index < -0.39 is 0 Å². The van der Waals surface area contributed by atoms with E-state index in [0.29, 0.717) is 23.2 Å². The fourth-order valence-electron chi connectivity index (χ4n) is 5.46. The van der Waals surface area contributed by atoms with Crippen molar-refractivity contribution < 1.29 is 5.11 Å². The second-order valence-electron chi connectivity index (χ2n) is 10.9. The summed E-state index contributed by atoms with van der Waals surface area (Å²) in [6.45, 7) is 8.88. The van der Waals surface area contributed by atoms with Crippen molar-refractivity contribution in [3.8, 4) is 45.5 Å². The van der Waals surface area contributed by atoms with Crippen LogP contribution in [-0.4, -0.2) is 19.6 Å². The molecule has 0 saturated heterocycles. The molecule has 0 saturated carbocycles. The molecule has 0 aliphatic heterocycles. The summed E-state index contributed by atoms with van der Waals surface area (Å²) in [5.74, 6) is 1.50. The van der Waals surface area contributed by atoms with E-state index in [1.165, 1.54) is 11.1 Å². The minimum absolute atomic E-state index is 0.199. The van der Waals surface area contributed by atoms with Crippen LogP contribution in [0.4, 0.5) is 0 Å². The van der Waals surface area contributed by atoms with Crippen molar-refractivity contribution >= 4 is 10.8 Å². The minimum Gasteiger partial charge on any atom is -0.507 e. The molecule has 0 aliphatic rings. The van der Waals surface area contributed by atoms with E-state index in [9.17, 15) is 5.11 Å². The third-order valence-corrected chi connectivity index (χ3v) is 7.49. The van der Waals surface area contributed by atoms with Gasteiger partial charge in [-0.1, -0.05) is 113 Å². The highest BCUT2D eigenvalue weighted by molar-refractivity contribution is 5.96. The van der Waals surface area contributed by atoms with Crippen molar-refractivity contribution in [1.82, 2.24) is 14.5 Å². The number of imidazole rings is 1. The SMILES string of the molecule is CC(C)c1cccc(C(C)C)c1-n1cc(-c2nc(-c3ccccc3)cc3ccccc23)nc1-c1ccccc1O. The third kappa shape index (κ3) is 4.56. The Morgan fingerprint density at radius 3 is 2.00 bits per heavy atom. The maximum atomic E-state index is 11.0. The van der Waals surface area contributed by atoms with Crippen LogP contribution < -0.4 is 0 Å². The van der Waals surface area contributed by atoms with Gasteiger partial charge >= 0.3 is 0 Å². The van der Waals surface area contributed by atoms with E-state index in [1.807, 2.05) is 42.5 Å². The van der Waals surface area contributed by atoms with Gasteiger partial charge in [-0.2, -0.15) is 0 Å². The number of fused-ring (bicyclic) bond motifs is 1. The Balaban J connectivity index is 1.69. The van der Waals surface area contributed by atoms with Crippen molar-refractivity contribution in [2.45, 2.75) is 39.5 Å². The highest BCUT2D eigenvalue weighted by Gasteiger charge is 2.23. The summed E-state index contributed by atoms with van der Waals surface area (Å²) in [5.41, 5.74) is 7.82. The summed E-state index contributed by atoms with van der Waals surface area (Å²) in [4.78, 5) is 10.4. The van der Waals surface area contributed by atoms with E-state index in [1.54, 1.807) is 6.07 Å². The molecule has 40 heavy (non-hydrogen) atoms.